The summed E-state index contributed by atoms with van der Waals surface area (Å²) in [6.45, 7) is 0. The van der Waals surface area contributed by atoms with Gasteiger partial charge in [-0.05, 0) is 12.1 Å². The average molecular weight is 281 g/mol. The molecule has 0 fully saturated rings. The van der Waals surface area contributed by atoms with E-state index in [0.29, 0.717) is 0 Å². The SMILES string of the molecule is Cn1ncc(C(=O)O)c1C(=O)Nc1ccc(F)c(F)c1. The summed E-state index contributed by atoms with van der Waals surface area (Å²) in [7, 11) is 1.40. The lowest BCUT2D eigenvalue weighted by atomic mass is 10.2. The Morgan fingerprint density at radius 2 is 2.00 bits per heavy atom. The maximum absolute atomic E-state index is 13.0. The summed E-state index contributed by atoms with van der Waals surface area (Å²) in [4.78, 5) is 22.9. The van der Waals surface area contributed by atoms with E-state index in [0.717, 1.165) is 29.1 Å². The van der Waals surface area contributed by atoms with Gasteiger partial charge in [-0.1, -0.05) is 0 Å². The molecule has 0 atom stereocenters. The van der Waals surface area contributed by atoms with Crippen LogP contribution in [-0.4, -0.2) is 26.8 Å². The molecule has 8 heteroatoms. The standard InChI is InChI=1S/C12H9F2N3O3/c1-17-10(7(5-15-17)12(19)20)11(18)16-6-2-3-8(13)9(14)4-6/h2-5H,1H3,(H,16,18)(H,19,20). The van der Waals surface area contributed by atoms with Crippen molar-refractivity contribution in [1.82, 2.24) is 9.78 Å². The lowest BCUT2D eigenvalue weighted by molar-refractivity contribution is 0.0692. The monoisotopic (exact) mass is 281 g/mol. The summed E-state index contributed by atoms with van der Waals surface area (Å²) in [6, 6.07) is 2.81. The lowest BCUT2D eigenvalue weighted by Gasteiger charge is -2.06. The zero-order valence-corrected chi connectivity index (χ0v) is 10.2. The second kappa shape index (κ2) is 5.08. The van der Waals surface area contributed by atoms with E-state index < -0.39 is 23.5 Å². The Morgan fingerprint density at radius 1 is 1.30 bits per heavy atom. The zero-order valence-electron chi connectivity index (χ0n) is 10.2. The normalized spacial score (nSPS) is 10.3. The third kappa shape index (κ3) is 2.48. The molecule has 0 saturated carbocycles. The average Bonchev–Trinajstić information content (AvgIpc) is 2.76. The number of benzene rings is 1. The highest BCUT2D eigenvalue weighted by atomic mass is 19.2. The van der Waals surface area contributed by atoms with Gasteiger partial charge in [0.25, 0.3) is 5.91 Å². The van der Waals surface area contributed by atoms with E-state index in [1.807, 2.05) is 0 Å². The molecule has 2 rings (SSSR count). The van der Waals surface area contributed by atoms with Gasteiger partial charge in [0.15, 0.2) is 11.6 Å². The van der Waals surface area contributed by atoms with E-state index >= 15 is 0 Å². The minimum Gasteiger partial charge on any atom is -0.478 e. The van der Waals surface area contributed by atoms with Gasteiger partial charge in [-0.15, -0.1) is 0 Å². The van der Waals surface area contributed by atoms with Crippen LogP contribution in [0.4, 0.5) is 14.5 Å². The van der Waals surface area contributed by atoms with Gasteiger partial charge >= 0.3 is 5.97 Å². The number of rotatable bonds is 3. The molecule has 6 nitrogen and oxygen atoms in total. The molecule has 1 heterocycles. The Balaban J connectivity index is 2.30. The summed E-state index contributed by atoms with van der Waals surface area (Å²) in [5, 5.41) is 14.9. The van der Waals surface area contributed by atoms with Crippen LogP contribution < -0.4 is 5.32 Å². The number of aromatic carboxylic acids is 1. The van der Waals surface area contributed by atoms with E-state index in [4.69, 9.17) is 5.11 Å². The third-order valence-electron chi connectivity index (χ3n) is 2.56. The molecule has 0 spiro atoms. The Bertz CT molecular complexity index is 697. The second-order valence-electron chi connectivity index (χ2n) is 3.92. The number of carbonyl (C=O) groups excluding carboxylic acids is 1. The number of nitrogens with zero attached hydrogens (tertiary/aromatic N) is 2. The van der Waals surface area contributed by atoms with E-state index in [2.05, 4.69) is 10.4 Å². The van der Waals surface area contributed by atoms with E-state index in [1.54, 1.807) is 0 Å². The smallest absolute Gasteiger partial charge is 0.339 e. The van der Waals surface area contributed by atoms with Crippen LogP contribution >= 0.6 is 0 Å². The molecule has 0 unspecified atom stereocenters. The number of amides is 1. The number of halogens is 2. The quantitative estimate of drug-likeness (QED) is 0.896. The van der Waals surface area contributed by atoms with E-state index in [9.17, 15) is 18.4 Å². The number of anilines is 1. The van der Waals surface area contributed by atoms with Crippen LogP contribution in [-0.2, 0) is 7.05 Å². The topological polar surface area (TPSA) is 84.2 Å². The first-order chi connectivity index (χ1) is 9.40. The highest BCUT2D eigenvalue weighted by molar-refractivity contribution is 6.09. The first kappa shape index (κ1) is 13.7. The van der Waals surface area contributed by atoms with Crippen molar-refractivity contribution < 1.29 is 23.5 Å². The van der Waals surface area contributed by atoms with E-state index in [1.165, 1.54) is 7.05 Å². The predicted octanol–water partition coefficient (Wildman–Crippen LogP) is 1.65. The van der Waals surface area contributed by atoms with Gasteiger partial charge in [0.1, 0.15) is 11.3 Å². The molecule has 0 aliphatic carbocycles. The zero-order chi connectivity index (χ0) is 14.9. The number of hydrogen-bond acceptors (Lipinski definition) is 3. The number of carbonyl (C=O) groups is 2. The number of aryl methyl sites for hydroxylation is 1. The number of hydrogen-bond donors (Lipinski definition) is 2. The molecule has 0 bridgehead atoms. The highest BCUT2D eigenvalue weighted by Crippen LogP contribution is 2.15. The summed E-state index contributed by atoms with van der Waals surface area (Å²) >= 11 is 0. The molecular weight excluding hydrogens is 272 g/mol. The summed E-state index contributed by atoms with van der Waals surface area (Å²) < 4.78 is 26.9. The van der Waals surface area contributed by atoms with Crippen molar-refractivity contribution >= 4 is 17.6 Å². The van der Waals surface area contributed by atoms with Crippen molar-refractivity contribution in [1.29, 1.82) is 0 Å². The Morgan fingerprint density at radius 3 is 2.60 bits per heavy atom. The molecule has 1 aromatic heterocycles. The Kier molecular flexibility index (Phi) is 3.47. The number of carboxylic acid groups (broad SMARTS) is 1. The summed E-state index contributed by atoms with van der Waals surface area (Å²) in [5.41, 5.74) is -0.471. The highest BCUT2D eigenvalue weighted by Gasteiger charge is 2.21. The Hall–Kier alpha value is -2.77. The molecule has 0 aliphatic heterocycles. The van der Waals surface area contributed by atoms with Crippen LogP contribution in [0.2, 0.25) is 0 Å². The molecule has 0 saturated heterocycles. The van der Waals surface area contributed by atoms with E-state index in [-0.39, 0.29) is 16.9 Å². The maximum Gasteiger partial charge on any atom is 0.339 e. The van der Waals surface area contributed by atoms with Crippen LogP contribution in [0.25, 0.3) is 0 Å². The van der Waals surface area contributed by atoms with Gasteiger partial charge in [0, 0.05) is 18.8 Å². The Labute approximate surface area is 111 Å². The van der Waals surface area contributed by atoms with Gasteiger partial charge in [-0.2, -0.15) is 5.10 Å². The fourth-order valence-corrected chi connectivity index (χ4v) is 1.63. The third-order valence-corrected chi connectivity index (χ3v) is 2.56. The molecule has 104 valence electrons. The lowest BCUT2D eigenvalue weighted by Crippen LogP contribution is -2.19. The molecule has 0 radical (unpaired) electrons. The van der Waals surface area contributed by atoms with Crippen molar-refractivity contribution in [3.8, 4) is 0 Å². The fourth-order valence-electron chi connectivity index (χ4n) is 1.63. The fraction of sp³-hybridized carbons (Fsp3) is 0.0833. The second-order valence-corrected chi connectivity index (χ2v) is 3.92. The molecule has 2 aromatic rings. The molecule has 2 N–H and O–H groups in total. The molecule has 1 aromatic carbocycles. The molecule has 0 aliphatic rings. The van der Waals surface area contributed by atoms with Crippen LogP contribution in [0.5, 0.6) is 0 Å². The van der Waals surface area contributed by atoms with Crippen LogP contribution in [0.1, 0.15) is 20.8 Å². The summed E-state index contributed by atoms with van der Waals surface area (Å²) in [6.07, 6.45) is 1.03. The minimum atomic E-state index is -1.31. The first-order valence-electron chi connectivity index (χ1n) is 5.42. The largest absolute Gasteiger partial charge is 0.478 e. The van der Waals surface area contributed by atoms with Crippen molar-refractivity contribution in [2.75, 3.05) is 5.32 Å². The van der Waals surface area contributed by atoms with Crippen molar-refractivity contribution in [3.63, 3.8) is 0 Å². The van der Waals surface area contributed by atoms with Crippen molar-refractivity contribution in [2.24, 2.45) is 7.05 Å². The molecule has 1 amide bonds. The van der Waals surface area contributed by atoms with Crippen LogP contribution in [0.3, 0.4) is 0 Å². The maximum atomic E-state index is 13.0. The summed E-state index contributed by atoms with van der Waals surface area (Å²) in [5.74, 6) is -4.26. The minimum absolute atomic E-state index is 0.00596. The number of carboxylic acids is 1. The van der Waals surface area contributed by atoms with Crippen LogP contribution in [0, 0.1) is 11.6 Å². The first-order valence-corrected chi connectivity index (χ1v) is 5.42. The van der Waals surface area contributed by atoms with Gasteiger partial charge in [-0.3, -0.25) is 9.48 Å². The van der Waals surface area contributed by atoms with Crippen molar-refractivity contribution in [2.45, 2.75) is 0 Å². The van der Waals surface area contributed by atoms with Gasteiger partial charge in [-0.25, -0.2) is 13.6 Å². The molecular formula is C12H9F2N3O3. The van der Waals surface area contributed by atoms with Gasteiger partial charge < -0.3 is 10.4 Å². The van der Waals surface area contributed by atoms with Gasteiger partial charge in [0.05, 0.1) is 6.20 Å². The van der Waals surface area contributed by atoms with Crippen LogP contribution in [0.15, 0.2) is 24.4 Å². The number of nitrogens with one attached hydrogen (secondary N) is 1. The van der Waals surface area contributed by atoms with Crippen molar-refractivity contribution in [3.05, 3.63) is 47.3 Å². The predicted molar refractivity (Wildman–Crippen MR) is 64.5 cm³/mol. The number of aromatic nitrogens is 2. The molecule has 20 heavy (non-hydrogen) atoms. The van der Waals surface area contributed by atoms with Gasteiger partial charge in [0.2, 0.25) is 0 Å².